The van der Waals surface area contributed by atoms with E-state index in [1.165, 1.54) is 0 Å². The molecule has 0 radical (unpaired) electrons. The third-order valence-corrected chi connectivity index (χ3v) is 20.5. The molecule has 16 N–H and O–H groups in total. The molecule has 0 aliphatic carbocycles. The van der Waals surface area contributed by atoms with Crippen LogP contribution in [0, 0.1) is 11.8 Å². The predicted octanol–water partition coefficient (Wildman–Crippen LogP) is 3.19. The quantitative estimate of drug-likeness (QED) is 0.0308. The summed E-state index contributed by atoms with van der Waals surface area (Å²) in [4.78, 5) is 27.1. The molecule has 26 nitrogen and oxygen atoms in total. The second-order valence-electron chi connectivity index (χ2n) is 28.6. The fraction of sp³-hybridized carbons (Fsp3) is 0.971. The molecular formula is C70H128O26. The van der Waals surface area contributed by atoms with Crippen LogP contribution in [0.5, 0.6) is 0 Å². The first kappa shape index (κ1) is 84.7. The number of carbonyl (C=O) groups excluding carboxylic acids is 2. The van der Waals surface area contributed by atoms with E-state index in [0.29, 0.717) is 38.5 Å². The Balaban J connectivity index is 1.04. The Morgan fingerprint density at radius 3 is 0.896 bits per heavy atom. The lowest BCUT2D eigenvalue weighted by Gasteiger charge is -2.43. The van der Waals surface area contributed by atoms with E-state index in [1.54, 1.807) is 13.8 Å². The lowest BCUT2D eigenvalue weighted by molar-refractivity contribution is -0.316. The zero-order chi connectivity index (χ0) is 70.1. The van der Waals surface area contributed by atoms with Gasteiger partial charge in [-0.3, -0.25) is 9.59 Å². The van der Waals surface area contributed by atoms with Crippen LogP contribution in [0.2, 0.25) is 0 Å². The molecule has 0 amide bonds. The van der Waals surface area contributed by atoms with E-state index in [2.05, 4.69) is 0 Å². The molecule has 5 fully saturated rings. The summed E-state index contributed by atoms with van der Waals surface area (Å²) < 4.78 is 47.3. The maximum Gasteiger partial charge on any atom is 0.308 e. The molecule has 96 heavy (non-hydrogen) atoms. The zero-order valence-electron chi connectivity index (χ0n) is 57.5. The largest absolute Gasteiger partial charge is 0.463 e. The van der Waals surface area contributed by atoms with Crippen LogP contribution in [0.3, 0.4) is 0 Å². The molecule has 0 saturated carbocycles. The highest BCUT2D eigenvalue weighted by Crippen LogP contribution is 2.36. The number of hydrogen-bond donors (Lipinski definition) is 16. The molecule has 26 atom stereocenters. The summed E-state index contributed by atoms with van der Waals surface area (Å²) in [5.41, 5.74) is 0. The first-order chi connectivity index (χ1) is 46.1. The fourth-order valence-corrected chi connectivity index (χ4v) is 14.4. The number of unbranched alkanes of at least 4 members (excludes halogenated alkanes) is 22. The molecule has 5 aliphatic heterocycles. The van der Waals surface area contributed by atoms with Crippen molar-refractivity contribution in [1.82, 2.24) is 0 Å². The second kappa shape index (κ2) is 46.6. The number of ether oxygens (including phenoxy) is 8. The van der Waals surface area contributed by atoms with Gasteiger partial charge in [0.1, 0.15) is 111 Å². The van der Waals surface area contributed by atoms with Gasteiger partial charge < -0.3 is 120 Å². The van der Waals surface area contributed by atoms with Crippen molar-refractivity contribution < 1.29 is 129 Å². The van der Waals surface area contributed by atoms with E-state index < -0.39 is 173 Å². The van der Waals surface area contributed by atoms with Gasteiger partial charge >= 0.3 is 11.9 Å². The van der Waals surface area contributed by atoms with Crippen LogP contribution < -0.4 is 0 Å². The number of fused-ring (bicyclic) bond motifs is 4. The Bertz CT molecular complexity index is 2030. The Labute approximate surface area is 569 Å². The highest BCUT2D eigenvalue weighted by molar-refractivity contribution is 5.70. The van der Waals surface area contributed by atoms with E-state index in [1.807, 2.05) is 0 Å². The topological polar surface area (TPSA) is 432 Å². The molecule has 0 spiro atoms. The van der Waals surface area contributed by atoms with Crippen molar-refractivity contribution in [2.75, 3.05) is 26.4 Å². The van der Waals surface area contributed by atoms with Gasteiger partial charge in [-0.25, -0.2) is 0 Å². The monoisotopic (exact) mass is 1380 g/mol. The van der Waals surface area contributed by atoms with Gasteiger partial charge in [0, 0.05) is 0 Å². The van der Waals surface area contributed by atoms with Crippen LogP contribution in [-0.2, 0) is 47.5 Å². The summed E-state index contributed by atoms with van der Waals surface area (Å²) in [6, 6.07) is 0. The molecule has 5 aliphatic rings. The molecule has 0 aromatic carbocycles. The first-order valence-corrected chi connectivity index (χ1v) is 37.0. The van der Waals surface area contributed by atoms with Crippen molar-refractivity contribution in [3.05, 3.63) is 0 Å². The van der Waals surface area contributed by atoms with Gasteiger partial charge in [-0.2, -0.15) is 0 Å². The average Bonchev–Trinajstić information content (AvgIpc) is 0.831. The first-order valence-electron chi connectivity index (χ1n) is 37.0. The normalized spacial score (nSPS) is 35.7. The van der Waals surface area contributed by atoms with Gasteiger partial charge in [0.05, 0.1) is 62.7 Å². The van der Waals surface area contributed by atoms with Crippen LogP contribution >= 0.6 is 0 Å². The van der Waals surface area contributed by atoms with Gasteiger partial charge in [0.2, 0.25) is 0 Å². The van der Waals surface area contributed by atoms with Gasteiger partial charge in [-0.05, 0) is 77.0 Å². The summed E-state index contributed by atoms with van der Waals surface area (Å²) >= 11 is 0. The zero-order valence-corrected chi connectivity index (χ0v) is 57.5. The number of cyclic esters (lactones) is 2. The SMILES string of the molecule is CC(O)CCCCCC(CCCCCCCCCCCCCC1CC(=O)OC[C@H]2O[C@@H](OC(CCCCCCCCCCCC(CCCCCC(C)O)[C@@H]3O[C@H](CO)[C@@H](O)[C@H](O)[C@H]3O)CC(=O)OC[C@H]3O[C@@H](O1)[C@H](O)[C@@H](O)[C@@H]3O)[C@H](O)[C@@H](O)[C@@H]2O)[C@@H]1O[C@H](CO)[C@@H](O)[C@H](O)[C@H]1O. The Hall–Kier alpha value is -1.94. The van der Waals surface area contributed by atoms with Crippen LogP contribution in [0.25, 0.3) is 0 Å². The summed E-state index contributed by atoms with van der Waals surface area (Å²) in [6.07, 6.45) is -2.47. The minimum absolute atomic E-state index is 0.0610. The third-order valence-electron chi connectivity index (χ3n) is 20.5. The number of esters is 2. The number of aliphatic hydroxyl groups excluding tert-OH is 16. The highest BCUT2D eigenvalue weighted by atomic mass is 16.7. The van der Waals surface area contributed by atoms with E-state index in [9.17, 15) is 91.3 Å². The minimum atomic E-state index is -1.77. The fourth-order valence-electron chi connectivity index (χ4n) is 14.4. The molecular weight excluding hydrogens is 1260 g/mol. The third kappa shape index (κ3) is 29.1. The predicted molar refractivity (Wildman–Crippen MR) is 349 cm³/mol. The summed E-state index contributed by atoms with van der Waals surface area (Å²) in [5, 5.41) is 168. The molecule has 6 unspecified atom stereocenters. The molecule has 5 rings (SSSR count). The van der Waals surface area contributed by atoms with Crippen molar-refractivity contribution in [2.24, 2.45) is 11.8 Å². The van der Waals surface area contributed by atoms with Crippen molar-refractivity contribution in [1.29, 1.82) is 0 Å². The Kier molecular flexibility index (Phi) is 41.1. The van der Waals surface area contributed by atoms with E-state index in [0.717, 1.165) is 180 Å². The van der Waals surface area contributed by atoms with E-state index in [4.69, 9.17) is 37.9 Å². The summed E-state index contributed by atoms with van der Waals surface area (Å²) in [7, 11) is 0. The number of aliphatic hydroxyl groups is 16. The van der Waals surface area contributed by atoms with Crippen molar-refractivity contribution in [3.8, 4) is 0 Å². The maximum absolute atomic E-state index is 13.5. The van der Waals surface area contributed by atoms with Gasteiger partial charge in [-0.15, -0.1) is 0 Å². The standard InChI is InChI=1S/C70H128O26/c1-43(73)29-21-19-25-33-45(67-63(85)59(81)55(77)49(39-71)93-67)31-23-15-11-7-4-3-5-9-13-17-27-35-47-37-53(75)89-41-52-58(80)62(84)66(88)70(96-52)92-48(38-54(76)90-42-51-57(79)61(83)65(87)69(91-47)95-51)36-28-18-14-10-6-8-12-16-24-32-46(34-26-20-22-30-44(2)74)68-64(86)60(82)56(78)50(40-72)94-68/h43-52,55-74,77-88H,3-42H2,1-2H3/t43?,44?,45?,46?,47?,48?,49-,50-,51-,52-,55-,56-,57-,58-,59+,60+,61+,62+,63-,64-,65-,66-,67+,68+,69-,70-/m1/s1. The maximum atomic E-state index is 13.5. The van der Waals surface area contributed by atoms with Crippen molar-refractivity contribution in [3.63, 3.8) is 0 Å². The summed E-state index contributed by atoms with van der Waals surface area (Å²) in [5.74, 6) is -1.70. The minimum Gasteiger partial charge on any atom is -0.463 e. The molecule has 5 heterocycles. The van der Waals surface area contributed by atoms with Gasteiger partial charge in [-0.1, -0.05) is 167 Å². The lowest BCUT2D eigenvalue weighted by atomic mass is 9.82. The van der Waals surface area contributed by atoms with Crippen molar-refractivity contribution >= 4 is 11.9 Å². The highest BCUT2D eigenvalue weighted by Gasteiger charge is 2.50. The number of rotatable bonds is 42. The van der Waals surface area contributed by atoms with Crippen LogP contribution in [0.1, 0.15) is 245 Å². The Morgan fingerprint density at radius 2 is 0.594 bits per heavy atom. The number of hydrogen-bond acceptors (Lipinski definition) is 26. The molecule has 4 bridgehead atoms. The molecule has 0 aromatic rings. The van der Waals surface area contributed by atoms with Gasteiger partial charge in [0.15, 0.2) is 12.6 Å². The second-order valence-corrected chi connectivity index (χ2v) is 28.6. The van der Waals surface area contributed by atoms with Crippen LogP contribution in [-0.4, -0.2) is 267 Å². The molecule has 564 valence electrons. The van der Waals surface area contributed by atoms with Crippen LogP contribution in [0.4, 0.5) is 0 Å². The molecule has 0 aromatic heterocycles. The van der Waals surface area contributed by atoms with E-state index in [-0.39, 0.29) is 36.9 Å². The lowest BCUT2D eigenvalue weighted by Crippen LogP contribution is -2.60. The summed E-state index contributed by atoms with van der Waals surface area (Å²) in [6.45, 7) is 1.48. The average molecular weight is 1390 g/mol. The van der Waals surface area contributed by atoms with Crippen LogP contribution in [0.15, 0.2) is 0 Å². The van der Waals surface area contributed by atoms with E-state index >= 15 is 0 Å². The smallest absolute Gasteiger partial charge is 0.308 e. The molecule has 5 saturated heterocycles. The molecule has 26 heteroatoms. The van der Waals surface area contributed by atoms with Crippen molar-refractivity contribution in [2.45, 2.75) is 392 Å². The number of carbonyl (C=O) groups is 2. The van der Waals surface area contributed by atoms with Gasteiger partial charge in [0.25, 0.3) is 0 Å². The Morgan fingerprint density at radius 1 is 0.323 bits per heavy atom.